The predicted molar refractivity (Wildman–Crippen MR) is 141 cm³/mol. The van der Waals surface area contributed by atoms with E-state index in [1.165, 1.54) is 51.4 Å². The van der Waals surface area contributed by atoms with Gasteiger partial charge in [0.25, 0.3) is 0 Å². The van der Waals surface area contributed by atoms with Crippen LogP contribution in [0.15, 0.2) is 41.6 Å². The minimum absolute atomic E-state index is 0. The van der Waals surface area contributed by atoms with Gasteiger partial charge in [0, 0.05) is 21.2 Å². The van der Waals surface area contributed by atoms with Gasteiger partial charge in [-0.25, -0.2) is 13.4 Å². The Morgan fingerprint density at radius 3 is 2.44 bits per heavy atom. The summed E-state index contributed by atoms with van der Waals surface area (Å²) in [5.41, 5.74) is 1.38. The molecule has 0 bridgehead atoms. The van der Waals surface area contributed by atoms with Gasteiger partial charge < -0.3 is 14.4 Å². The summed E-state index contributed by atoms with van der Waals surface area (Å²) in [5.74, 6) is 0.304. The van der Waals surface area contributed by atoms with Crippen molar-refractivity contribution in [2.75, 3.05) is 31.5 Å². The third kappa shape index (κ3) is 8.20. The maximum atomic E-state index is 13.3. The zero-order valence-electron chi connectivity index (χ0n) is 21.2. The van der Waals surface area contributed by atoms with Gasteiger partial charge in [-0.1, -0.05) is 37.8 Å². The smallest absolute Gasteiger partial charge is 0.312 e. The van der Waals surface area contributed by atoms with Crippen molar-refractivity contribution in [1.29, 1.82) is 0 Å². The van der Waals surface area contributed by atoms with E-state index in [0.717, 1.165) is 12.0 Å². The second-order valence-corrected chi connectivity index (χ2v) is 13.5. The number of anilines is 1. The Kier molecular flexibility index (Phi) is 10.2. The Labute approximate surface area is 215 Å². The molecule has 0 saturated heterocycles. The van der Waals surface area contributed by atoms with Crippen molar-refractivity contribution in [2.24, 2.45) is 5.92 Å². The first kappa shape index (κ1) is 28.4. The lowest BCUT2D eigenvalue weighted by molar-refractivity contribution is -0.117. The van der Waals surface area contributed by atoms with Gasteiger partial charge in [0.15, 0.2) is 15.7 Å². The maximum Gasteiger partial charge on any atom is 0.330 e. The van der Waals surface area contributed by atoms with Gasteiger partial charge >= 0.3 is 7.60 Å². The molecule has 3 rings (SSSR count). The minimum atomic E-state index is -3.31. The molecule has 0 radical (unpaired) electrons. The van der Waals surface area contributed by atoms with E-state index in [-0.39, 0.29) is 18.4 Å². The summed E-state index contributed by atoms with van der Waals surface area (Å²) in [7, 11) is -5.11. The number of amides is 1. The van der Waals surface area contributed by atoms with E-state index < -0.39 is 23.4 Å². The number of benzene rings is 1. The quantitative estimate of drug-likeness (QED) is 0.343. The van der Waals surface area contributed by atoms with Crippen LogP contribution < -0.4 is 5.32 Å². The van der Waals surface area contributed by atoms with E-state index in [4.69, 9.17) is 9.05 Å². The Morgan fingerprint density at radius 2 is 1.89 bits per heavy atom. The van der Waals surface area contributed by atoms with Gasteiger partial charge in [-0.3, -0.25) is 14.3 Å². The second-order valence-electron chi connectivity index (χ2n) is 9.19. The molecule has 0 spiro atoms. The van der Waals surface area contributed by atoms with Gasteiger partial charge in [-0.2, -0.15) is 0 Å². The number of rotatable bonds is 13. The third-order valence-electron chi connectivity index (χ3n) is 6.57. The summed E-state index contributed by atoms with van der Waals surface area (Å²) in [6.07, 6.45) is 11.2. The molecule has 2 aromatic rings. The van der Waals surface area contributed by atoms with Gasteiger partial charge in [-0.15, -0.1) is 0 Å². The normalized spacial score (nSPS) is 17.0. The molecule has 1 saturated carbocycles. The van der Waals surface area contributed by atoms with Crippen molar-refractivity contribution in [3.63, 3.8) is 0 Å². The fourth-order valence-electron chi connectivity index (χ4n) is 4.52. The first-order chi connectivity index (χ1) is 17.1. The molecule has 9 nitrogen and oxygen atoms in total. The highest BCUT2D eigenvalue weighted by Crippen LogP contribution is 2.47. The van der Waals surface area contributed by atoms with E-state index in [1.54, 1.807) is 31.2 Å². The van der Waals surface area contributed by atoms with Crippen LogP contribution >= 0.6 is 7.60 Å². The molecule has 1 aliphatic carbocycles. The molecule has 1 amide bonds. The van der Waals surface area contributed by atoms with E-state index in [0.29, 0.717) is 36.9 Å². The molecule has 1 N–H and O–H groups in total. The van der Waals surface area contributed by atoms with E-state index >= 15 is 0 Å². The minimum Gasteiger partial charge on any atom is -0.312 e. The molecule has 1 heterocycles. The largest absolute Gasteiger partial charge is 0.330 e. The Morgan fingerprint density at radius 1 is 1.19 bits per heavy atom. The highest BCUT2D eigenvalue weighted by Gasteiger charge is 2.25. The van der Waals surface area contributed by atoms with Crippen molar-refractivity contribution in [1.82, 2.24) is 9.97 Å². The second kappa shape index (κ2) is 12.9. The summed E-state index contributed by atoms with van der Waals surface area (Å²) in [6, 6.07) is 6.54. The molecule has 11 heteroatoms. The van der Waals surface area contributed by atoms with Gasteiger partial charge in [0.1, 0.15) is 0 Å². The molecule has 1 unspecified atom stereocenters. The molecular formula is C25H38N3O6PS. The Bertz CT molecular complexity index is 1160. The topological polar surface area (TPSA) is 125 Å². The molecule has 200 valence electrons. The highest BCUT2D eigenvalue weighted by molar-refractivity contribution is 7.90. The first-order valence-corrected chi connectivity index (χ1v) is 16.0. The average molecular weight is 540 g/mol. The molecule has 36 heavy (non-hydrogen) atoms. The molecule has 0 aliphatic heterocycles. The standard InChI is InChI=1S/C25H36N3O6PS.H2/c1-4-34-35(30,33-2)16-15-21-17-27-24(18-26-21)28-25(29)23(14-9-19-7-5-6-8-19)20-10-12-22(13-11-20)36(3,31)32;/h10-13,17-19,23H,4-9,14-16H2,1-3H3,(H,27,28,29);1H/t23-,35?;/m1./s1. The zero-order chi connectivity index (χ0) is 26.2. The van der Waals surface area contributed by atoms with E-state index in [9.17, 15) is 17.8 Å². The van der Waals surface area contributed by atoms with Crippen LogP contribution in [0.25, 0.3) is 0 Å². The number of carbonyl (C=O) groups excluding carboxylic acids is 1. The maximum absolute atomic E-state index is 13.3. The number of aryl methyl sites for hydroxylation is 1. The number of carbonyl (C=O) groups is 1. The number of aromatic nitrogens is 2. The molecule has 2 atom stereocenters. The monoisotopic (exact) mass is 539 g/mol. The van der Waals surface area contributed by atoms with Crippen LogP contribution in [-0.4, -0.2) is 50.4 Å². The number of nitrogens with one attached hydrogen (secondary N) is 1. The van der Waals surface area contributed by atoms with Crippen molar-refractivity contribution >= 4 is 29.2 Å². The Balaban J connectivity index is 0.00000481. The van der Waals surface area contributed by atoms with Gasteiger partial charge in [-0.05, 0) is 43.4 Å². The van der Waals surface area contributed by atoms with Gasteiger partial charge in [0.05, 0.1) is 41.7 Å². The lowest BCUT2D eigenvalue weighted by Gasteiger charge is -2.19. The van der Waals surface area contributed by atoms with Crippen LogP contribution in [0, 0.1) is 5.92 Å². The van der Waals surface area contributed by atoms with Crippen LogP contribution in [-0.2, 0) is 34.7 Å². The van der Waals surface area contributed by atoms with Crippen molar-refractivity contribution in [3.8, 4) is 0 Å². The van der Waals surface area contributed by atoms with Crippen LogP contribution in [0.2, 0.25) is 0 Å². The van der Waals surface area contributed by atoms with Gasteiger partial charge in [0.2, 0.25) is 5.91 Å². The summed E-state index contributed by atoms with van der Waals surface area (Å²) in [5, 5.41) is 2.86. The molecule has 1 aliphatic rings. The SMILES string of the molecule is CCOP(=O)(CCc1cnc(NC(=O)[C@H](CCC2CCCC2)c2ccc(S(C)(=O)=O)cc2)cn1)OC.[HH]. The van der Waals surface area contributed by atoms with Crippen molar-refractivity contribution in [3.05, 3.63) is 47.9 Å². The van der Waals surface area contributed by atoms with Crippen LogP contribution in [0.4, 0.5) is 5.82 Å². The lowest BCUT2D eigenvalue weighted by Crippen LogP contribution is -2.22. The van der Waals surface area contributed by atoms with E-state index in [2.05, 4.69) is 15.3 Å². The fraction of sp³-hybridized carbons (Fsp3) is 0.560. The summed E-state index contributed by atoms with van der Waals surface area (Å²) < 4.78 is 46.4. The molecule has 1 aromatic carbocycles. The lowest BCUT2D eigenvalue weighted by atomic mass is 9.89. The van der Waals surface area contributed by atoms with Crippen LogP contribution in [0.3, 0.4) is 0 Å². The summed E-state index contributed by atoms with van der Waals surface area (Å²) in [6.45, 7) is 2.05. The fourth-order valence-corrected chi connectivity index (χ4v) is 6.46. The third-order valence-corrected chi connectivity index (χ3v) is 9.68. The molecule has 1 aromatic heterocycles. The van der Waals surface area contributed by atoms with Crippen molar-refractivity contribution < 1.29 is 28.3 Å². The Hall–Kier alpha value is -2.13. The number of sulfone groups is 1. The van der Waals surface area contributed by atoms with Crippen molar-refractivity contribution in [2.45, 2.75) is 62.7 Å². The summed E-state index contributed by atoms with van der Waals surface area (Å²) in [4.78, 5) is 22.2. The molecule has 1 fully saturated rings. The van der Waals surface area contributed by atoms with Crippen LogP contribution in [0.1, 0.15) is 64.1 Å². The number of nitrogens with zero attached hydrogens (tertiary/aromatic N) is 2. The first-order valence-electron chi connectivity index (χ1n) is 12.3. The zero-order valence-corrected chi connectivity index (χ0v) is 22.9. The highest BCUT2D eigenvalue weighted by atomic mass is 32.2. The predicted octanol–water partition coefficient (Wildman–Crippen LogP) is 5.24. The van der Waals surface area contributed by atoms with E-state index in [1.807, 2.05) is 0 Å². The molecular weight excluding hydrogens is 501 g/mol. The number of hydrogen-bond donors (Lipinski definition) is 1. The number of hydrogen-bond acceptors (Lipinski definition) is 8. The average Bonchev–Trinajstić information content (AvgIpc) is 3.37. The summed E-state index contributed by atoms with van der Waals surface area (Å²) >= 11 is 0. The van der Waals surface area contributed by atoms with Crippen LogP contribution in [0.5, 0.6) is 0 Å².